The Kier molecular flexibility index (Phi) is 4.01. The van der Waals surface area contributed by atoms with E-state index in [1.54, 1.807) is 13.1 Å². The molecule has 0 unspecified atom stereocenters. The number of carboxylic acid groups (broad SMARTS) is 1. The van der Waals surface area contributed by atoms with Crippen molar-refractivity contribution in [1.82, 2.24) is 10.3 Å². The molecule has 0 aromatic carbocycles. The number of aryl methyl sites for hydroxylation is 2. The molecule has 2 rings (SSSR count). The summed E-state index contributed by atoms with van der Waals surface area (Å²) in [6.45, 7) is 4.53. The molecule has 0 atom stereocenters. The highest BCUT2D eigenvalue weighted by Crippen LogP contribution is 2.14. The van der Waals surface area contributed by atoms with Crippen molar-refractivity contribution in [1.29, 1.82) is 0 Å². The standard InChI is InChI=1S/C13H16N2O4/c1-3-9-6-15-12(19-9)7-14-5-10-4-11(13(16)17)8(2)18-10/h4,6,14H,3,5,7H2,1-2H3,(H,16,17). The van der Waals surface area contributed by atoms with E-state index < -0.39 is 5.97 Å². The average molecular weight is 264 g/mol. The van der Waals surface area contributed by atoms with E-state index in [9.17, 15) is 4.79 Å². The molecule has 6 nitrogen and oxygen atoms in total. The summed E-state index contributed by atoms with van der Waals surface area (Å²) in [6, 6.07) is 1.53. The number of oxazole rings is 1. The van der Waals surface area contributed by atoms with Crippen LogP contribution in [0.3, 0.4) is 0 Å². The molecule has 0 spiro atoms. The van der Waals surface area contributed by atoms with Crippen molar-refractivity contribution in [3.63, 3.8) is 0 Å². The van der Waals surface area contributed by atoms with Gasteiger partial charge in [0.2, 0.25) is 5.89 Å². The number of hydrogen-bond acceptors (Lipinski definition) is 5. The number of nitrogens with one attached hydrogen (secondary N) is 1. The van der Waals surface area contributed by atoms with Crippen molar-refractivity contribution >= 4 is 5.97 Å². The van der Waals surface area contributed by atoms with Crippen molar-refractivity contribution in [2.45, 2.75) is 33.4 Å². The number of rotatable bonds is 6. The van der Waals surface area contributed by atoms with Crippen LogP contribution in [-0.2, 0) is 19.5 Å². The van der Waals surface area contributed by atoms with Gasteiger partial charge < -0.3 is 19.3 Å². The number of hydrogen-bond donors (Lipinski definition) is 2. The predicted molar refractivity (Wildman–Crippen MR) is 66.8 cm³/mol. The molecule has 0 aliphatic heterocycles. The van der Waals surface area contributed by atoms with E-state index in [2.05, 4.69) is 10.3 Å². The minimum atomic E-state index is -0.979. The van der Waals surface area contributed by atoms with Gasteiger partial charge in [-0.1, -0.05) is 6.92 Å². The minimum Gasteiger partial charge on any atom is -0.478 e. The van der Waals surface area contributed by atoms with Crippen LogP contribution in [-0.4, -0.2) is 16.1 Å². The second kappa shape index (κ2) is 5.71. The summed E-state index contributed by atoms with van der Waals surface area (Å²) >= 11 is 0. The van der Waals surface area contributed by atoms with Crippen molar-refractivity contribution in [3.05, 3.63) is 41.0 Å². The molecule has 0 bridgehead atoms. The third kappa shape index (κ3) is 3.23. The third-order valence-electron chi connectivity index (χ3n) is 2.72. The lowest BCUT2D eigenvalue weighted by atomic mass is 10.2. The van der Waals surface area contributed by atoms with Crippen LogP contribution in [0, 0.1) is 6.92 Å². The molecule has 0 amide bonds. The first-order chi connectivity index (χ1) is 9.10. The Hall–Kier alpha value is -2.08. The first-order valence-electron chi connectivity index (χ1n) is 6.07. The molecule has 19 heavy (non-hydrogen) atoms. The summed E-state index contributed by atoms with van der Waals surface area (Å²) in [6.07, 6.45) is 2.52. The summed E-state index contributed by atoms with van der Waals surface area (Å²) in [4.78, 5) is 15.0. The number of nitrogens with zero attached hydrogens (tertiary/aromatic N) is 1. The predicted octanol–water partition coefficient (Wildman–Crippen LogP) is 2.13. The zero-order chi connectivity index (χ0) is 13.8. The SMILES string of the molecule is CCc1cnc(CNCc2cc(C(=O)O)c(C)o2)o1. The lowest BCUT2D eigenvalue weighted by molar-refractivity contribution is 0.0695. The number of furan rings is 1. The Balaban J connectivity index is 1.88. The molecule has 2 aromatic heterocycles. The van der Waals surface area contributed by atoms with Gasteiger partial charge in [-0.25, -0.2) is 9.78 Å². The first kappa shape index (κ1) is 13.4. The van der Waals surface area contributed by atoms with Crippen LogP contribution < -0.4 is 5.32 Å². The van der Waals surface area contributed by atoms with Gasteiger partial charge in [0.05, 0.1) is 19.3 Å². The van der Waals surface area contributed by atoms with Crippen molar-refractivity contribution in [3.8, 4) is 0 Å². The smallest absolute Gasteiger partial charge is 0.339 e. The first-order valence-corrected chi connectivity index (χ1v) is 6.07. The van der Waals surface area contributed by atoms with Gasteiger partial charge in [-0.2, -0.15) is 0 Å². The van der Waals surface area contributed by atoms with Gasteiger partial charge in [0.15, 0.2) is 0 Å². The molecule has 0 aliphatic rings. The van der Waals surface area contributed by atoms with Crippen LogP contribution in [0.2, 0.25) is 0 Å². The van der Waals surface area contributed by atoms with Gasteiger partial charge in [-0.15, -0.1) is 0 Å². The van der Waals surface area contributed by atoms with E-state index >= 15 is 0 Å². The molecule has 0 aliphatic carbocycles. The Morgan fingerprint density at radius 1 is 1.37 bits per heavy atom. The summed E-state index contributed by atoms with van der Waals surface area (Å²) < 4.78 is 10.8. The Bertz CT molecular complexity index is 571. The monoisotopic (exact) mass is 264 g/mol. The maximum atomic E-state index is 10.9. The quantitative estimate of drug-likeness (QED) is 0.830. The topological polar surface area (TPSA) is 88.5 Å². The number of carboxylic acids is 1. The van der Waals surface area contributed by atoms with E-state index in [1.165, 1.54) is 6.07 Å². The largest absolute Gasteiger partial charge is 0.478 e. The molecule has 6 heteroatoms. The fraction of sp³-hybridized carbons (Fsp3) is 0.385. The lowest BCUT2D eigenvalue weighted by Gasteiger charge is -1.98. The second-order valence-electron chi connectivity index (χ2n) is 4.17. The Labute approximate surface area is 110 Å². The van der Waals surface area contributed by atoms with Crippen LogP contribution in [0.4, 0.5) is 0 Å². The second-order valence-corrected chi connectivity index (χ2v) is 4.17. The van der Waals surface area contributed by atoms with Gasteiger partial charge in [0, 0.05) is 6.42 Å². The fourth-order valence-corrected chi connectivity index (χ4v) is 1.73. The van der Waals surface area contributed by atoms with Crippen LogP contribution in [0.25, 0.3) is 0 Å². The summed E-state index contributed by atoms with van der Waals surface area (Å²) in [5.74, 6) is 1.47. The summed E-state index contributed by atoms with van der Waals surface area (Å²) in [5, 5.41) is 12.0. The highest BCUT2D eigenvalue weighted by Gasteiger charge is 2.13. The maximum absolute atomic E-state index is 10.9. The molecule has 0 radical (unpaired) electrons. The summed E-state index contributed by atoms with van der Waals surface area (Å²) in [7, 11) is 0. The zero-order valence-electron chi connectivity index (χ0n) is 10.9. The van der Waals surface area contributed by atoms with Crippen molar-refractivity contribution in [2.24, 2.45) is 0 Å². The highest BCUT2D eigenvalue weighted by molar-refractivity contribution is 5.88. The normalized spacial score (nSPS) is 10.8. The zero-order valence-corrected chi connectivity index (χ0v) is 10.9. The number of aromatic nitrogens is 1. The van der Waals surface area contributed by atoms with Gasteiger partial charge in [-0.3, -0.25) is 0 Å². The van der Waals surface area contributed by atoms with Crippen molar-refractivity contribution < 1.29 is 18.7 Å². The Morgan fingerprint density at radius 3 is 2.74 bits per heavy atom. The van der Waals surface area contributed by atoms with Crippen LogP contribution in [0.5, 0.6) is 0 Å². The van der Waals surface area contributed by atoms with Gasteiger partial charge >= 0.3 is 5.97 Å². The van der Waals surface area contributed by atoms with E-state index in [4.69, 9.17) is 13.9 Å². The molecule has 0 saturated heterocycles. The summed E-state index contributed by atoms with van der Waals surface area (Å²) in [5.41, 5.74) is 0.196. The molecule has 0 saturated carbocycles. The molecular formula is C13H16N2O4. The minimum absolute atomic E-state index is 0.196. The number of carbonyl (C=O) groups is 1. The molecule has 0 fully saturated rings. The van der Waals surface area contributed by atoms with Gasteiger partial charge in [0.1, 0.15) is 22.8 Å². The molecular weight excluding hydrogens is 248 g/mol. The Morgan fingerprint density at radius 2 is 2.16 bits per heavy atom. The fourth-order valence-electron chi connectivity index (χ4n) is 1.73. The molecule has 2 aromatic rings. The van der Waals surface area contributed by atoms with E-state index in [0.29, 0.717) is 30.5 Å². The number of aromatic carboxylic acids is 1. The molecule has 2 heterocycles. The van der Waals surface area contributed by atoms with Gasteiger partial charge in [-0.05, 0) is 13.0 Å². The average Bonchev–Trinajstić information content (AvgIpc) is 2.96. The van der Waals surface area contributed by atoms with Crippen LogP contribution >= 0.6 is 0 Å². The molecule has 2 N–H and O–H groups in total. The van der Waals surface area contributed by atoms with Gasteiger partial charge in [0.25, 0.3) is 0 Å². The highest BCUT2D eigenvalue weighted by atomic mass is 16.4. The van der Waals surface area contributed by atoms with E-state index in [0.717, 1.165) is 12.2 Å². The maximum Gasteiger partial charge on any atom is 0.339 e. The molecule has 102 valence electrons. The third-order valence-corrected chi connectivity index (χ3v) is 2.72. The van der Waals surface area contributed by atoms with E-state index in [1.807, 2.05) is 6.92 Å². The lowest BCUT2D eigenvalue weighted by Crippen LogP contribution is -2.12. The van der Waals surface area contributed by atoms with E-state index in [-0.39, 0.29) is 5.56 Å². The van der Waals surface area contributed by atoms with Crippen LogP contribution in [0.15, 0.2) is 21.1 Å². The van der Waals surface area contributed by atoms with Crippen molar-refractivity contribution in [2.75, 3.05) is 0 Å². The van der Waals surface area contributed by atoms with Crippen LogP contribution in [0.1, 0.15) is 40.5 Å².